The van der Waals surface area contributed by atoms with Gasteiger partial charge < -0.3 is 14.9 Å². The highest BCUT2D eigenvalue weighted by Crippen LogP contribution is 2.23. The van der Waals surface area contributed by atoms with E-state index in [2.05, 4.69) is 0 Å². The van der Waals surface area contributed by atoms with Crippen LogP contribution in [0.2, 0.25) is 0 Å². The first-order chi connectivity index (χ1) is 7.65. The number of ether oxygens (including phenoxy) is 1. The molecule has 0 atom stereocenters. The first kappa shape index (κ1) is 10.2. The molecule has 0 aliphatic carbocycles. The van der Waals surface area contributed by atoms with Crippen molar-refractivity contribution in [2.24, 2.45) is 5.73 Å². The van der Waals surface area contributed by atoms with Crippen LogP contribution in [0.25, 0.3) is 0 Å². The molecule has 0 saturated heterocycles. The average molecular weight is 221 g/mol. The Morgan fingerprint density at radius 2 is 2.12 bits per heavy atom. The van der Waals surface area contributed by atoms with Crippen molar-refractivity contribution in [3.63, 3.8) is 0 Å². The predicted octanol–water partition coefficient (Wildman–Crippen LogP) is 2.31. The standard InChI is InChI=1S/C11H8FNO3/c12-7-2-1-3-8(6-7)15-10-5-4-9(16-10)11(13)14/h1-6H,(H2,13,14). The van der Waals surface area contributed by atoms with Gasteiger partial charge in [0.05, 0.1) is 0 Å². The van der Waals surface area contributed by atoms with Crippen molar-refractivity contribution >= 4 is 5.91 Å². The molecule has 1 aromatic heterocycles. The normalized spacial score (nSPS) is 10.1. The lowest BCUT2D eigenvalue weighted by Gasteiger charge is -2.00. The highest BCUT2D eigenvalue weighted by atomic mass is 19.1. The van der Waals surface area contributed by atoms with Crippen molar-refractivity contribution in [1.29, 1.82) is 0 Å². The molecule has 0 saturated carbocycles. The van der Waals surface area contributed by atoms with Crippen molar-refractivity contribution in [3.05, 3.63) is 48.0 Å². The molecular weight excluding hydrogens is 213 g/mol. The Morgan fingerprint density at radius 3 is 2.75 bits per heavy atom. The zero-order valence-electron chi connectivity index (χ0n) is 8.14. The van der Waals surface area contributed by atoms with E-state index in [9.17, 15) is 9.18 Å². The first-order valence-electron chi connectivity index (χ1n) is 4.48. The van der Waals surface area contributed by atoms with Gasteiger partial charge in [-0.2, -0.15) is 0 Å². The Kier molecular flexibility index (Phi) is 2.59. The van der Waals surface area contributed by atoms with Gasteiger partial charge in [-0.1, -0.05) is 6.07 Å². The third-order valence-corrected chi connectivity index (χ3v) is 1.84. The minimum Gasteiger partial charge on any atom is -0.426 e. The van der Waals surface area contributed by atoms with Crippen LogP contribution in [0.3, 0.4) is 0 Å². The summed E-state index contributed by atoms with van der Waals surface area (Å²) in [5.41, 5.74) is 5.00. The number of carbonyl (C=O) groups excluding carboxylic acids is 1. The number of primary amides is 1. The summed E-state index contributed by atoms with van der Waals surface area (Å²) in [7, 11) is 0. The summed E-state index contributed by atoms with van der Waals surface area (Å²) in [5.74, 6) is -0.746. The van der Waals surface area contributed by atoms with E-state index in [4.69, 9.17) is 14.9 Å². The topological polar surface area (TPSA) is 65.5 Å². The van der Waals surface area contributed by atoms with E-state index in [1.54, 1.807) is 6.07 Å². The van der Waals surface area contributed by atoms with Gasteiger partial charge in [-0.05, 0) is 18.2 Å². The Morgan fingerprint density at radius 1 is 1.31 bits per heavy atom. The molecule has 2 N–H and O–H groups in total. The largest absolute Gasteiger partial charge is 0.426 e. The van der Waals surface area contributed by atoms with Gasteiger partial charge in [0.2, 0.25) is 0 Å². The zero-order valence-corrected chi connectivity index (χ0v) is 8.14. The smallest absolute Gasteiger partial charge is 0.290 e. The number of hydrogen-bond donors (Lipinski definition) is 1. The summed E-state index contributed by atoms with van der Waals surface area (Å²) < 4.78 is 23.0. The molecule has 82 valence electrons. The molecule has 0 bridgehead atoms. The van der Waals surface area contributed by atoms with E-state index in [1.165, 1.54) is 30.3 Å². The molecule has 1 heterocycles. The lowest BCUT2D eigenvalue weighted by Crippen LogP contribution is -2.09. The summed E-state index contributed by atoms with van der Waals surface area (Å²) in [6.45, 7) is 0. The molecule has 0 unspecified atom stereocenters. The van der Waals surface area contributed by atoms with Crippen LogP contribution in [0.5, 0.6) is 11.7 Å². The van der Waals surface area contributed by atoms with Gasteiger partial charge in [0.15, 0.2) is 5.76 Å². The number of amides is 1. The third kappa shape index (κ3) is 2.20. The maximum absolute atomic E-state index is 12.8. The summed E-state index contributed by atoms with van der Waals surface area (Å²) in [5, 5.41) is 0. The monoisotopic (exact) mass is 221 g/mol. The van der Waals surface area contributed by atoms with Crippen molar-refractivity contribution in [3.8, 4) is 11.7 Å². The Bertz CT molecular complexity index is 521. The second kappa shape index (κ2) is 4.06. The summed E-state index contributed by atoms with van der Waals surface area (Å²) in [6.07, 6.45) is 0. The van der Waals surface area contributed by atoms with Crippen LogP contribution in [0.4, 0.5) is 4.39 Å². The maximum Gasteiger partial charge on any atom is 0.290 e. The molecule has 0 spiro atoms. The minimum atomic E-state index is -0.686. The molecule has 2 rings (SSSR count). The summed E-state index contributed by atoms with van der Waals surface area (Å²) in [6, 6.07) is 8.39. The van der Waals surface area contributed by atoms with Crippen LogP contribution >= 0.6 is 0 Å². The maximum atomic E-state index is 12.8. The van der Waals surface area contributed by atoms with Gasteiger partial charge in [-0.15, -0.1) is 0 Å². The molecular formula is C11H8FNO3. The fourth-order valence-corrected chi connectivity index (χ4v) is 1.15. The van der Waals surface area contributed by atoms with Crippen LogP contribution in [0, 0.1) is 5.82 Å². The lowest BCUT2D eigenvalue weighted by molar-refractivity contribution is 0.0969. The quantitative estimate of drug-likeness (QED) is 0.864. The fourth-order valence-electron chi connectivity index (χ4n) is 1.15. The summed E-state index contributed by atoms with van der Waals surface area (Å²) in [4.78, 5) is 10.7. The van der Waals surface area contributed by atoms with Crippen LogP contribution in [-0.2, 0) is 0 Å². The van der Waals surface area contributed by atoms with Crippen molar-refractivity contribution in [2.45, 2.75) is 0 Å². The number of rotatable bonds is 3. The van der Waals surface area contributed by atoms with E-state index >= 15 is 0 Å². The van der Waals surface area contributed by atoms with Crippen LogP contribution in [0.1, 0.15) is 10.6 Å². The number of carbonyl (C=O) groups is 1. The van der Waals surface area contributed by atoms with E-state index in [-0.39, 0.29) is 17.5 Å². The second-order valence-electron chi connectivity index (χ2n) is 3.04. The molecule has 2 aromatic rings. The average Bonchev–Trinajstić information content (AvgIpc) is 2.66. The van der Waals surface area contributed by atoms with E-state index < -0.39 is 11.7 Å². The molecule has 0 aliphatic heterocycles. The van der Waals surface area contributed by atoms with Crippen LogP contribution in [-0.4, -0.2) is 5.91 Å². The predicted molar refractivity (Wildman–Crippen MR) is 53.7 cm³/mol. The van der Waals surface area contributed by atoms with Gasteiger partial charge in [0, 0.05) is 12.1 Å². The van der Waals surface area contributed by atoms with E-state index in [0.29, 0.717) is 0 Å². The van der Waals surface area contributed by atoms with Crippen LogP contribution in [0.15, 0.2) is 40.8 Å². The van der Waals surface area contributed by atoms with Gasteiger partial charge in [-0.3, -0.25) is 4.79 Å². The molecule has 0 radical (unpaired) electrons. The highest BCUT2D eigenvalue weighted by Gasteiger charge is 2.08. The Labute approximate surface area is 90.4 Å². The molecule has 1 aromatic carbocycles. The molecule has 0 fully saturated rings. The number of furan rings is 1. The molecule has 1 amide bonds. The van der Waals surface area contributed by atoms with E-state index in [1.807, 2.05) is 0 Å². The van der Waals surface area contributed by atoms with Gasteiger partial charge >= 0.3 is 0 Å². The number of hydrogen-bond acceptors (Lipinski definition) is 3. The lowest BCUT2D eigenvalue weighted by atomic mass is 10.3. The SMILES string of the molecule is NC(=O)c1ccc(Oc2cccc(F)c2)o1. The minimum absolute atomic E-state index is 0.00796. The number of benzene rings is 1. The van der Waals surface area contributed by atoms with Crippen molar-refractivity contribution < 1.29 is 18.3 Å². The van der Waals surface area contributed by atoms with Crippen molar-refractivity contribution in [1.82, 2.24) is 0 Å². The van der Waals surface area contributed by atoms with Gasteiger partial charge in [-0.25, -0.2) is 4.39 Å². The van der Waals surface area contributed by atoms with Gasteiger partial charge in [0.25, 0.3) is 11.9 Å². The zero-order chi connectivity index (χ0) is 11.5. The fraction of sp³-hybridized carbons (Fsp3) is 0. The van der Waals surface area contributed by atoms with Crippen molar-refractivity contribution in [2.75, 3.05) is 0 Å². The van der Waals surface area contributed by atoms with E-state index in [0.717, 1.165) is 0 Å². The number of halogens is 1. The van der Waals surface area contributed by atoms with Gasteiger partial charge in [0.1, 0.15) is 11.6 Å². The first-order valence-corrected chi connectivity index (χ1v) is 4.48. The molecule has 5 heteroatoms. The Balaban J connectivity index is 2.17. The van der Waals surface area contributed by atoms with Crippen LogP contribution < -0.4 is 10.5 Å². The molecule has 16 heavy (non-hydrogen) atoms. The second-order valence-corrected chi connectivity index (χ2v) is 3.04. The number of nitrogens with two attached hydrogens (primary N) is 1. The summed E-state index contributed by atoms with van der Waals surface area (Å²) >= 11 is 0. The third-order valence-electron chi connectivity index (χ3n) is 1.84. The molecule has 0 aliphatic rings. The molecule has 4 nitrogen and oxygen atoms in total. The Hall–Kier alpha value is -2.30. The highest BCUT2D eigenvalue weighted by molar-refractivity contribution is 5.89.